The Labute approximate surface area is 132 Å². The quantitative estimate of drug-likeness (QED) is 0.897. The zero-order chi connectivity index (χ0) is 15.6. The summed E-state index contributed by atoms with van der Waals surface area (Å²) in [7, 11) is -3.22. The highest BCUT2D eigenvalue weighted by atomic mass is 79.9. The van der Waals surface area contributed by atoms with E-state index < -0.39 is 15.9 Å². The Morgan fingerprint density at radius 2 is 1.81 bits per heavy atom. The van der Waals surface area contributed by atoms with E-state index in [2.05, 4.69) is 15.9 Å². The van der Waals surface area contributed by atoms with E-state index in [4.69, 9.17) is 5.73 Å². The Balaban J connectivity index is 2.18. The molecule has 0 saturated heterocycles. The molecular formula is C15H15BrFNO2S. The van der Waals surface area contributed by atoms with Gasteiger partial charge < -0.3 is 5.73 Å². The van der Waals surface area contributed by atoms with Crippen molar-refractivity contribution in [1.29, 1.82) is 0 Å². The van der Waals surface area contributed by atoms with Gasteiger partial charge in [0.2, 0.25) is 0 Å². The molecule has 2 aromatic carbocycles. The fourth-order valence-electron chi connectivity index (χ4n) is 2.00. The van der Waals surface area contributed by atoms with Crippen molar-refractivity contribution in [3.8, 4) is 0 Å². The molecule has 0 aliphatic carbocycles. The number of nitrogens with two attached hydrogens (primary N) is 1. The molecule has 2 N–H and O–H groups in total. The average molecular weight is 372 g/mol. The number of hydrogen-bond donors (Lipinski definition) is 1. The predicted molar refractivity (Wildman–Crippen MR) is 84.3 cm³/mol. The molecule has 0 radical (unpaired) electrons. The Morgan fingerprint density at radius 1 is 1.19 bits per heavy atom. The fourth-order valence-corrected chi connectivity index (χ4v) is 2.97. The van der Waals surface area contributed by atoms with Gasteiger partial charge in [-0.15, -0.1) is 0 Å². The van der Waals surface area contributed by atoms with Gasteiger partial charge in [0.25, 0.3) is 0 Å². The first kappa shape index (κ1) is 16.1. The molecule has 1 unspecified atom stereocenters. The molecule has 0 aliphatic rings. The summed E-state index contributed by atoms with van der Waals surface area (Å²) in [6.07, 6.45) is 1.50. The third kappa shape index (κ3) is 4.12. The van der Waals surface area contributed by atoms with Crippen LogP contribution in [-0.4, -0.2) is 14.7 Å². The molecule has 2 aromatic rings. The molecule has 0 bridgehead atoms. The number of sulfone groups is 1. The van der Waals surface area contributed by atoms with Crippen LogP contribution in [0, 0.1) is 5.82 Å². The summed E-state index contributed by atoms with van der Waals surface area (Å²) in [5.41, 5.74) is 7.36. The zero-order valence-corrected chi connectivity index (χ0v) is 13.8. The lowest BCUT2D eigenvalue weighted by molar-refractivity contribution is 0.592. The van der Waals surface area contributed by atoms with E-state index in [9.17, 15) is 12.8 Å². The van der Waals surface area contributed by atoms with Crippen LogP contribution in [0.25, 0.3) is 0 Å². The minimum absolute atomic E-state index is 0.244. The standard InChI is InChI=1S/C15H15BrFNO2S/c1-21(19,20)13-6-3-10(4-7-13)15(18)8-11-2-5-12(16)9-14(11)17/h2-7,9,15H,8,18H2,1H3. The number of halogens is 2. The van der Waals surface area contributed by atoms with Crippen molar-refractivity contribution in [3.05, 3.63) is 63.9 Å². The lowest BCUT2D eigenvalue weighted by Gasteiger charge is -2.13. The van der Waals surface area contributed by atoms with Crippen LogP contribution in [0.2, 0.25) is 0 Å². The van der Waals surface area contributed by atoms with Gasteiger partial charge >= 0.3 is 0 Å². The Hall–Kier alpha value is -1.24. The van der Waals surface area contributed by atoms with E-state index in [0.29, 0.717) is 16.5 Å². The molecule has 0 fully saturated rings. The molecule has 0 aromatic heterocycles. The summed E-state index contributed by atoms with van der Waals surface area (Å²) in [6, 6.07) is 10.8. The van der Waals surface area contributed by atoms with Crippen LogP contribution in [0.3, 0.4) is 0 Å². The van der Waals surface area contributed by atoms with Gasteiger partial charge in [-0.25, -0.2) is 12.8 Å². The van der Waals surface area contributed by atoms with E-state index in [1.165, 1.54) is 18.2 Å². The molecular weight excluding hydrogens is 357 g/mol. The lowest BCUT2D eigenvalue weighted by Crippen LogP contribution is -2.14. The van der Waals surface area contributed by atoms with Crippen LogP contribution >= 0.6 is 15.9 Å². The second kappa shape index (κ2) is 6.25. The van der Waals surface area contributed by atoms with Crippen molar-refractivity contribution in [2.24, 2.45) is 5.73 Å². The van der Waals surface area contributed by atoms with E-state index in [-0.39, 0.29) is 10.7 Å². The SMILES string of the molecule is CS(=O)(=O)c1ccc(C(N)Cc2ccc(Br)cc2F)cc1. The van der Waals surface area contributed by atoms with E-state index in [0.717, 1.165) is 11.8 Å². The average Bonchev–Trinajstić information content (AvgIpc) is 2.41. The third-order valence-electron chi connectivity index (χ3n) is 3.19. The number of hydrogen-bond acceptors (Lipinski definition) is 3. The van der Waals surface area contributed by atoms with Crippen LogP contribution in [0.1, 0.15) is 17.2 Å². The van der Waals surface area contributed by atoms with Crippen LogP contribution < -0.4 is 5.73 Å². The first-order valence-corrected chi connectivity index (χ1v) is 8.95. The van der Waals surface area contributed by atoms with Crippen LogP contribution in [0.5, 0.6) is 0 Å². The molecule has 0 heterocycles. The molecule has 3 nitrogen and oxygen atoms in total. The minimum Gasteiger partial charge on any atom is -0.324 e. The maximum atomic E-state index is 13.8. The number of rotatable bonds is 4. The topological polar surface area (TPSA) is 60.2 Å². The molecule has 1 atom stereocenters. The summed E-state index contributed by atoms with van der Waals surface area (Å²) in [4.78, 5) is 0.244. The van der Waals surface area contributed by atoms with E-state index in [1.807, 2.05) is 0 Å². The smallest absolute Gasteiger partial charge is 0.175 e. The van der Waals surface area contributed by atoms with Gasteiger partial charge in [0.1, 0.15) is 5.82 Å². The highest BCUT2D eigenvalue weighted by molar-refractivity contribution is 9.10. The van der Waals surface area contributed by atoms with Crippen molar-refractivity contribution >= 4 is 25.8 Å². The zero-order valence-electron chi connectivity index (χ0n) is 11.4. The molecule has 2 rings (SSSR count). The Morgan fingerprint density at radius 3 is 2.33 bits per heavy atom. The summed E-state index contributed by atoms with van der Waals surface area (Å²) < 4.78 is 37.3. The Bertz CT molecular complexity index is 745. The molecule has 0 amide bonds. The van der Waals surface area contributed by atoms with Crippen LogP contribution in [-0.2, 0) is 16.3 Å². The highest BCUT2D eigenvalue weighted by Crippen LogP contribution is 2.22. The monoisotopic (exact) mass is 371 g/mol. The van der Waals surface area contributed by atoms with Gasteiger partial charge in [-0.1, -0.05) is 34.1 Å². The second-order valence-corrected chi connectivity index (χ2v) is 7.82. The fraction of sp³-hybridized carbons (Fsp3) is 0.200. The van der Waals surface area contributed by atoms with Crippen LogP contribution in [0.4, 0.5) is 4.39 Å². The Kier molecular flexibility index (Phi) is 4.81. The molecule has 0 spiro atoms. The van der Waals surface area contributed by atoms with Crippen molar-refractivity contribution in [2.75, 3.05) is 6.26 Å². The number of benzene rings is 2. The van der Waals surface area contributed by atoms with Crippen molar-refractivity contribution in [1.82, 2.24) is 0 Å². The predicted octanol–water partition coefficient (Wildman–Crippen LogP) is 3.23. The van der Waals surface area contributed by atoms with Gasteiger partial charge in [-0.05, 0) is 41.8 Å². The van der Waals surface area contributed by atoms with Crippen molar-refractivity contribution < 1.29 is 12.8 Å². The summed E-state index contributed by atoms with van der Waals surface area (Å²) in [5.74, 6) is -0.312. The highest BCUT2D eigenvalue weighted by Gasteiger charge is 2.12. The van der Waals surface area contributed by atoms with Gasteiger partial charge in [0.05, 0.1) is 4.90 Å². The van der Waals surface area contributed by atoms with Gasteiger partial charge in [-0.3, -0.25) is 0 Å². The van der Waals surface area contributed by atoms with E-state index in [1.54, 1.807) is 24.3 Å². The maximum absolute atomic E-state index is 13.8. The van der Waals surface area contributed by atoms with Crippen molar-refractivity contribution in [2.45, 2.75) is 17.4 Å². The molecule has 0 saturated carbocycles. The van der Waals surface area contributed by atoms with E-state index >= 15 is 0 Å². The molecule has 112 valence electrons. The van der Waals surface area contributed by atoms with Crippen molar-refractivity contribution in [3.63, 3.8) is 0 Å². The first-order valence-electron chi connectivity index (χ1n) is 6.27. The normalized spacial score (nSPS) is 13.1. The summed E-state index contributed by atoms with van der Waals surface area (Å²) >= 11 is 3.21. The summed E-state index contributed by atoms with van der Waals surface area (Å²) in [5, 5.41) is 0. The molecule has 21 heavy (non-hydrogen) atoms. The van der Waals surface area contributed by atoms with Crippen LogP contribution in [0.15, 0.2) is 51.8 Å². The third-order valence-corrected chi connectivity index (χ3v) is 4.81. The molecule has 0 aliphatic heterocycles. The first-order chi connectivity index (χ1) is 9.77. The molecule has 6 heteroatoms. The van der Waals surface area contributed by atoms with Gasteiger partial charge in [0.15, 0.2) is 9.84 Å². The maximum Gasteiger partial charge on any atom is 0.175 e. The van der Waals surface area contributed by atoms with Gasteiger partial charge in [-0.2, -0.15) is 0 Å². The largest absolute Gasteiger partial charge is 0.324 e. The van der Waals surface area contributed by atoms with Gasteiger partial charge in [0, 0.05) is 16.8 Å². The second-order valence-electron chi connectivity index (χ2n) is 4.89. The summed E-state index contributed by atoms with van der Waals surface area (Å²) in [6.45, 7) is 0. The minimum atomic E-state index is -3.22. The lowest BCUT2D eigenvalue weighted by atomic mass is 9.99.